The van der Waals surface area contributed by atoms with E-state index in [0.29, 0.717) is 6.42 Å². The summed E-state index contributed by atoms with van der Waals surface area (Å²) in [5.74, 6) is -3.56. The molecule has 1 aliphatic rings. The number of esters is 2. The predicted molar refractivity (Wildman–Crippen MR) is 96.2 cm³/mol. The summed E-state index contributed by atoms with van der Waals surface area (Å²) < 4.78 is 9.50. The molecule has 1 N–H and O–H groups in total. The zero-order valence-electron chi connectivity index (χ0n) is 15.9. The van der Waals surface area contributed by atoms with Crippen molar-refractivity contribution >= 4 is 29.7 Å². The highest BCUT2D eigenvalue weighted by Gasteiger charge is 2.36. The van der Waals surface area contributed by atoms with E-state index in [1.54, 1.807) is 19.1 Å². The molecule has 3 amide bonds. The van der Waals surface area contributed by atoms with Crippen LogP contribution in [0.15, 0.2) is 24.3 Å². The predicted octanol–water partition coefficient (Wildman–Crippen LogP) is 0.530. The Morgan fingerprint density at radius 1 is 1.11 bits per heavy atom. The van der Waals surface area contributed by atoms with Gasteiger partial charge in [0.25, 0.3) is 17.7 Å². The van der Waals surface area contributed by atoms with E-state index in [1.165, 1.54) is 19.2 Å². The number of benzene rings is 1. The second-order valence-corrected chi connectivity index (χ2v) is 6.36. The molecular formula is C19H22N2O7. The molecule has 0 radical (unpaired) electrons. The number of amides is 3. The van der Waals surface area contributed by atoms with Gasteiger partial charge in [-0.25, -0.2) is 4.79 Å². The zero-order valence-corrected chi connectivity index (χ0v) is 15.9. The lowest BCUT2D eigenvalue weighted by molar-refractivity contribution is -0.151. The van der Waals surface area contributed by atoms with Crippen LogP contribution in [0.4, 0.5) is 0 Å². The Balaban J connectivity index is 1.89. The summed E-state index contributed by atoms with van der Waals surface area (Å²) in [5, 5.41) is 2.46. The van der Waals surface area contributed by atoms with Crippen LogP contribution in [-0.2, 0) is 23.9 Å². The average Bonchev–Trinajstić information content (AvgIpc) is 2.94. The van der Waals surface area contributed by atoms with E-state index >= 15 is 0 Å². The number of nitrogens with one attached hydrogen (secondary N) is 1. The highest BCUT2D eigenvalue weighted by atomic mass is 16.5. The number of fused-ring (bicyclic) bond motifs is 1. The standard InChI is InChI=1S/C19H22N2O7/c1-4-11(2)16(19(26)27-3)20-14(22)10-28-15(23)9-21-17(24)12-7-5-6-8-13(12)18(21)25/h5-8,11,16H,4,9-10H2,1-3H3,(H,20,22)/t11-,16+/m1/s1. The Hall–Kier alpha value is -3.23. The quantitative estimate of drug-likeness (QED) is 0.508. The topological polar surface area (TPSA) is 119 Å². The molecule has 0 fully saturated rings. The van der Waals surface area contributed by atoms with Crippen LogP contribution < -0.4 is 5.32 Å². The van der Waals surface area contributed by atoms with Gasteiger partial charge in [-0.1, -0.05) is 32.4 Å². The van der Waals surface area contributed by atoms with E-state index in [-0.39, 0.29) is 17.0 Å². The molecule has 9 heteroatoms. The van der Waals surface area contributed by atoms with Crippen molar-refractivity contribution in [3.8, 4) is 0 Å². The van der Waals surface area contributed by atoms with Crippen LogP contribution in [0.1, 0.15) is 41.0 Å². The van der Waals surface area contributed by atoms with E-state index in [4.69, 9.17) is 4.74 Å². The number of carbonyl (C=O) groups excluding carboxylic acids is 5. The van der Waals surface area contributed by atoms with Gasteiger partial charge in [0, 0.05) is 0 Å². The first-order valence-electron chi connectivity index (χ1n) is 8.78. The van der Waals surface area contributed by atoms with Crippen molar-refractivity contribution in [2.24, 2.45) is 5.92 Å². The summed E-state index contributed by atoms with van der Waals surface area (Å²) >= 11 is 0. The Labute approximate surface area is 162 Å². The van der Waals surface area contributed by atoms with Gasteiger partial charge in [-0.15, -0.1) is 0 Å². The van der Waals surface area contributed by atoms with Crippen molar-refractivity contribution in [1.29, 1.82) is 0 Å². The first-order valence-corrected chi connectivity index (χ1v) is 8.78. The minimum atomic E-state index is -0.914. The van der Waals surface area contributed by atoms with Crippen LogP contribution in [-0.4, -0.2) is 60.9 Å². The number of nitrogens with zero attached hydrogens (tertiary/aromatic N) is 1. The van der Waals surface area contributed by atoms with E-state index in [9.17, 15) is 24.0 Å². The average molecular weight is 390 g/mol. The number of hydrogen-bond acceptors (Lipinski definition) is 7. The molecule has 0 unspecified atom stereocenters. The Morgan fingerprint density at radius 3 is 2.18 bits per heavy atom. The lowest BCUT2D eigenvalue weighted by Gasteiger charge is -2.21. The van der Waals surface area contributed by atoms with E-state index < -0.39 is 48.9 Å². The molecule has 0 aliphatic carbocycles. The van der Waals surface area contributed by atoms with Gasteiger partial charge in [-0.05, 0) is 18.1 Å². The molecule has 0 saturated heterocycles. The SMILES string of the molecule is CC[C@@H](C)[C@H](NC(=O)COC(=O)CN1C(=O)c2ccccc2C1=O)C(=O)OC. The molecule has 0 spiro atoms. The van der Waals surface area contributed by atoms with Crippen LogP contribution in [0.2, 0.25) is 0 Å². The fourth-order valence-electron chi connectivity index (χ4n) is 2.71. The molecule has 1 aromatic rings. The molecule has 1 heterocycles. The molecule has 0 saturated carbocycles. The maximum atomic E-state index is 12.2. The molecule has 9 nitrogen and oxygen atoms in total. The van der Waals surface area contributed by atoms with Gasteiger partial charge < -0.3 is 14.8 Å². The number of ether oxygens (including phenoxy) is 2. The van der Waals surface area contributed by atoms with Gasteiger partial charge in [0.1, 0.15) is 12.6 Å². The van der Waals surface area contributed by atoms with Crippen molar-refractivity contribution in [3.05, 3.63) is 35.4 Å². The van der Waals surface area contributed by atoms with Gasteiger partial charge in [0.05, 0.1) is 18.2 Å². The van der Waals surface area contributed by atoms with Crippen molar-refractivity contribution in [1.82, 2.24) is 10.2 Å². The van der Waals surface area contributed by atoms with E-state index in [2.05, 4.69) is 10.1 Å². The lowest BCUT2D eigenvalue weighted by atomic mass is 9.99. The van der Waals surface area contributed by atoms with Crippen molar-refractivity contribution in [3.63, 3.8) is 0 Å². The van der Waals surface area contributed by atoms with Crippen LogP contribution in [0.3, 0.4) is 0 Å². The van der Waals surface area contributed by atoms with Crippen LogP contribution in [0.25, 0.3) is 0 Å². The Morgan fingerprint density at radius 2 is 1.68 bits per heavy atom. The maximum absolute atomic E-state index is 12.2. The van der Waals surface area contributed by atoms with Gasteiger partial charge in [0.15, 0.2) is 6.61 Å². The van der Waals surface area contributed by atoms with E-state index in [0.717, 1.165) is 4.90 Å². The summed E-state index contributed by atoms with van der Waals surface area (Å²) in [5.41, 5.74) is 0.431. The normalized spacial score (nSPS) is 14.9. The third-order valence-corrected chi connectivity index (χ3v) is 4.51. The molecule has 0 aromatic heterocycles. The third kappa shape index (κ3) is 4.54. The first kappa shape index (κ1) is 21.1. The summed E-state index contributed by atoms with van der Waals surface area (Å²) in [6, 6.07) is 5.36. The number of methoxy groups -OCH3 is 1. The Kier molecular flexibility index (Phi) is 6.86. The van der Waals surface area contributed by atoms with Crippen molar-refractivity contribution in [2.75, 3.05) is 20.3 Å². The molecule has 28 heavy (non-hydrogen) atoms. The van der Waals surface area contributed by atoms with Gasteiger partial charge in [0.2, 0.25) is 0 Å². The van der Waals surface area contributed by atoms with Crippen molar-refractivity contribution < 1.29 is 33.4 Å². The van der Waals surface area contributed by atoms with Crippen LogP contribution in [0, 0.1) is 5.92 Å². The van der Waals surface area contributed by atoms with Gasteiger partial charge >= 0.3 is 11.9 Å². The monoisotopic (exact) mass is 390 g/mol. The summed E-state index contributed by atoms with van der Waals surface area (Å²) in [6.07, 6.45) is 0.625. The van der Waals surface area contributed by atoms with Crippen LogP contribution in [0.5, 0.6) is 0 Å². The minimum Gasteiger partial charge on any atom is -0.467 e. The molecule has 1 aliphatic heterocycles. The fraction of sp³-hybridized carbons (Fsp3) is 0.421. The number of carbonyl (C=O) groups is 5. The van der Waals surface area contributed by atoms with Crippen LogP contribution >= 0.6 is 0 Å². The highest BCUT2D eigenvalue weighted by Crippen LogP contribution is 2.22. The fourth-order valence-corrected chi connectivity index (χ4v) is 2.71. The van der Waals surface area contributed by atoms with Crippen molar-refractivity contribution in [2.45, 2.75) is 26.3 Å². The number of hydrogen-bond donors (Lipinski definition) is 1. The molecule has 2 rings (SSSR count). The Bertz CT molecular complexity index is 770. The smallest absolute Gasteiger partial charge is 0.328 e. The molecule has 2 atom stereocenters. The third-order valence-electron chi connectivity index (χ3n) is 4.51. The number of imide groups is 1. The minimum absolute atomic E-state index is 0.176. The summed E-state index contributed by atoms with van der Waals surface area (Å²) in [7, 11) is 1.21. The first-order chi connectivity index (χ1) is 13.3. The second-order valence-electron chi connectivity index (χ2n) is 6.36. The molecule has 150 valence electrons. The zero-order chi connectivity index (χ0) is 20.8. The number of rotatable bonds is 8. The van der Waals surface area contributed by atoms with Gasteiger partial charge in [-0.3, -0.25) is 24.1 Å². The maximum Gasteiger partial charge on any atom is 0.328 e. The lowest BCUT2D eigenvalue weighted by Crippen LogP contribution is -2.47. The summed E-state index contributed by atoms with van der Waals surface area (Å²) in [4.78, 5) is 60.9. The van der Waals surface area contributed by atoms with E-state index in [1.807, 2.05) is 6.92 Å². The summed E-state index contributed by atoms with van der Waals surface area (Å²) in [6.45, 7) is 2.38. The second kappa shape index (κ2) is 9.12. The molecular weight excluding hydrogens is 368 g/mol. The van der Waals surface area contributed by atoms with Gasteiger partial charge in [-0.2, -0.15) is 0 Å². The molecule has 1 aromatic carbocycles. The largest absolute Gasteiger partial charge is 0.467 e. The highest BCUT2D eigenvalue weighted by molar-refractivity contribution is 6.22. The molecule has 0 bridgehead atoms.